The van der Waals surface area contributed by atoms with Gasteiger partial charge in [0.1, 0.15) is 16.4 Å². The lowest BCUT2D eigenvalue weighted by molar-refractivity contribution is -0.139. The Hall–Kier alpha value is -2.12. The molecule has 0 amide bonds. The van der Waals surface area contributed by atoms with Crippen LogP contribution in [0.5, 0.6) is 0 Å². The summed E-state index contributed by atoms with van der Waals surface area (Å²) >= 11 is 6.82. The largest absolute Gasteiger partial charge is 0.422 e. The van der Waals surface area contributed by atoms with Crippen LogP contribution >= 0.6 is 23.4 Å². The number of benzene rings is 2. The van der Waals surface area contributed by atoms with Crippen LogP contribution in [0.1, 0.15) is 11.1 Å². The number of thioether (sulfide) groups is 1. The van der Waals surface area contributed by atoms with E-state index >= 15 is 0 Å². The fourth-order valence-electron chi connectivity index (χ4n) is 2.28. The fraction of sp³-hybridized carbons (Fsp3) is 0.118. The van der Waals surface area contributed by atoms with Crippen LogP contribution in [0.2, 0.25) is 5.02 Å². The molecule has 25 heavy (non-hydrogen) atoms. The van der Waals surface area contributed by atoms with Crippen molar-refractivity contribution < 1.29 is 13.2 Å². The summed E-state index contributed by atoms with van der Waals surface area (Å²) in [5, 5.41) is 4.41. The maximum absolute atomic E-state index is 13.5. The Balaban J connectivity index is 1.99. The first-order valence-corrected chi connectivity index (χ1v) is 8.61. The molecule has 0 saturated heterocycles. The van der Waals surface area contributed by atoms with Crippen LogP contribution in [0.15, 0.2) is 59.6 Å². The number of nitrogens with two attached hydrogens (primary N) is 1. The summed E-state index contributed by atoms with van der Waals surface area (Å²) in [6.07, 6.45) is -4.59. The zero-order valence-corrected chi connectivity index (χ0v) is 14.4. The molecule has 0 aliphatic carbocycles. The second-order valence-corrected chi connectivity index (χ2v) is 6.63. The first-order chi connectivity index (χ1) is 11.9. The molecular formula is C17H13ClF3N3S. The zero-order valence-electron chi connectivity index (χ0n) is 12.8. The molecule has 0 spiro atoms. The SMILES string of the molecule is Nc1c(C(F)(F)F)c(SCc2ccccc2)nn1-c1ccc(Cl)cc1. The minimum atomic E-state index is -4.59. The van der Waals surface area contributed by atoms with Gasteiger partial charge in [0.2, 0.25) is 0 Å². The highest BCUT2D eigenvalue weighted by Gasteiger charge is 2.40. The van der Waals surface area contributed by atoms with Crippen molar-refractivity contribution in [2.24, 2.45) is 0 Å². The van der Waals surface area contributed by atoms with Gasteiger partial charge in [-0.25, -0.2) is 4.68 Å². The average Bonchev–Trinajstić information content (AvgIpc) is 2.91. The van der Waals surface area contributed by atoms with E-state index in [9.17, 15) is 13.2 Å². The van der Waals surface area contributed by atoms with Crippen LogP contribution in [-0.2, 0) is 11.9 Å². The van der Waals surface area contributed by atoms with E-state index in [2.05, 4.69) is 5.10 Å². The van der Waals surface area contributed by atoms with Crippen LogP contribution in [0, 0.1) is 0 Å². The number of aromatic nitrogens is 2. The number of halogens is 4. The molecule has 130 valence electrons. The van der Waals surface area contributed by atoms with Crippen LogP contribution in [0.4, 0.5) is 19.0 Å². The molecule has 0 unspecified atom stereocenters. The molecule has 0 radical (unpaired) electrons. The maximum atomic E-state index is 13.5. The van der Waals surface area contributed by atoms with Gasteiger partial charge in [0.15, 0.2) is 0 Å². The number of anilines is 1. The predicted octanol–water partition coefficient (Wildman–Crippen LogP) is 5.42. The Labute approximate surface area is 151 Å². The molecule has 1 heterocycles. The minimum Gasteiger partial charge on any atom is -0.383 e. The predicted molar refractivity (Wildman–Crippen MR) is 94.0 cm³/mol. The molecule has 3 nitrogen and oxygen atoms in total. The fourth-order valence-corrected chi connectivity index (χ4v) is 3.41. The lowest BCUT2D eigenvalue weighted by Crippen LogP contribution is -2.10. The zero-order chi connectivity index (χ0) is 18.0. The van der Waals surface area contributed by atoms with Gasteiger partial charge in [-0.05, 0) is 29.8 Å². The highest BCUT2D eigenvalue weighted by atomic mass is 35.5. The Bertz CT molecular complexity index is 861. The molecule has 0 saturated carbocycles. The van der Waals surface area contributed by atoms with Gasteiger partial charge in [-0.3, -0.25) is 0 Å². The number of rotatable bonds is 4. The summed E-state index contributed by atoms with van der Waals surface area (Å²) in [5.41, 5.74) is 6.17. The van der Waals surface area contributed by atoms with Crippen molar-refractivity contribution in [1.29, 1.82) is 0 Å². The smallest absolute Gasteiger partial charge is 0.383 e. The number of nitrogens with zero attached hydrogens (tertiary/aromatic N) is 2. The molecule has 0 fully saturated rings. The van der Waals surface area contributed by atoms with Crippen molar-refractivity contribution >= 4 is 29.2 Å². The van der Waals surface area contributed by atoms with Crippen LogP contribution in [0.25, 0.3) is 5.69 Å². The van der Waals surface area contributed by atoms with Crippen molar-refractivity contribution in [3.05, 3.63) is 70.7 Å². The van der Waals surface area contributed by atoms with Crippen LogP contribution in [-0.4, -0.2) is 9.78 Å². The minimum absolute atomic E-state index is 0.149. The van der Waals surface area contributed by atoms with Gasteiger partial charge in [-0.1, -0.05) is 53.7 Å². The molecule has 2 N–H and O–H groups in total. The first kappa shape index (κ1) is 17.7. The van der Waals surface area contributed by atoms with E-state index < -0.39 is 17.6 Å². The quantitative estimate of drug-likeness (QED) is 0.612. The Morgan fingerprint density at radius 3 is 2.28 bits per heavy atom. The molecule has 8 heteroatoms. The molecule has 2 aromatic carbocycles. The second kappa shape index (κ2) is 7.01. The molecule has 3 aromatic rings. The summed E-state index contributed by atoms with van der Waals surface area (Å²) in [6, 6.07) is 15.5. The van der Waals surface area contributed by atoms with E-state index in [0.29, 0.717) is 16.5 Å². The topological polar surface area (TPSA) is 43.8 Å². The monoisotopic (exact) mass is 383 g/mol. The molecule has 3 rings (SSSR count). The van der Waals surface area contributed by atoms with Crippen molar-refractivity contribution in [2.45, 2.75) is 17.0 Å². The summed E-state index contributed by atoms with van der Waals surface area (Å²) in [6.45, 7) is 0. The van der Waals surface area contributed by atoms with Gasteiger partial charge < -0.3 is 5.73 Å². The van der Waals surface area contributed by atoms with E-state index in [1.54, 1.807) is 24.3 Å². The third-order valence-corrected chi connectivity index (χ3v) is 4.75. The summed E-state index contributed by atoms with van der Waals surface area (Å²) in [5.74, 6) is -0.0774. The molecule has 0 aliphatic heterocycles. The van der Waals surface area contributed by atoms with Crippen molar-refractivity contribution in [2.75, 3.05) is 5.73 Å². The van der Waals surface area contributed by atoms with Crippen LogP contribution in [0.3, 0.4) is 0 Å². The Morgan fingerprint density at radius 2 is 1.68 bits per heavy atom. The van der Waals surface area contributed by atoms with Crippen molar-refractivity contribution in [3.8, 4) is 5.69 Å². The highest BCUT2D eigenvalue weighted by molar-refractivity contribution is 7.98. The Morgan fingerprint density at radius 1 is 1.04 bits per heavy atom. The summed E-state index contributed by atoms with van der Waals surface area (Å²) in [4.78, 5) is 0. The van der Waals surface area contributed by atoms with Crippen molar-refractivity contribution in [1.82, 2.24) is 9.78 Å². The maximum Gasteiger partial charge on any atom is 0.422 e. The summed E-state index contributed by atoms with van der Waals surface area (Å²) in [7, 11) is 0. The standard InChI is InChI=1S/C17H13ClF3N3S/c18-12-6-8-13(9-7-12)24-15(22)14(17(19,20)21)16(23-24)25-10-11-4-2-1-3-5-11/h1-9H,10,22H2. The number of nitrogen functional groups attached to an aromatic ring is 1. The van der Waals surface area contributed by atoms with E-state index in [4.69, 9.17) is 17.3 Å². The molecular weight excluding hydrogens is 371 g/mol. The lowest BCUT2D eigenvalue weighted by atomic mass is 10.2. The summed E-state index contributed by atoms with van der Waals surface area (Å²) < 4.78 is 41.5. The van der Waals surface area contributed by atoms with Gasteiger partial charge in [-0.2, -0.15) is 18.3 Å². The second-order valence-electron chi connectivity index (χ2n) is 5.23. The van der Waals surface area contributed by atoms with E-state index in [1.807, 2.05) is 30.3 Å². The van der Waals surface area contributed by atoms with Gasteiger partial charge in [0, 0.05) is 10.8 Å². The van der Waals surface area contributed by atoms with E-state index in [0.717, 1.165) is 22.0 Å². The number of alkyl halides is 3. The van der Waals surface area contributed by atoms with Crippen molar-refractivity contribution in [3.63, 3.8) is 0 Å². The van der Waals surface area contributed by atoms with E-state index in [1.165, 1.54) is 0 Å². The third-order valence-electron chi connectivity index (χ3n) is 3.46. The first-order valence-electron chi connectivity index (χ1n) is 7.24. The van der Waals surface area contributed by atoms with E-state index in [-0.39, 0.29) is 5.03 Å². The number of hydrogen-bond acceptors (Lipinski definition) is 3. The molecule has 0 bridgehead atoms. The van der Waals surface area contributed by atoms with Gasteiger partial charge >= 0.3 is 6.18 Å². The molecule has 0 aliphatic rings. The van der Waals surface area contributed by atoms with Gasteiger partial charge in [0.25, 0.3) is 0 Å². The third kappa shape index (κ3) is 3.93. The normalized spacial score (nSPS) is 11.7. The van der Waals surface area contributed by atoms with Crippen LogP contribution < -0.4 is 5.73 Å². The van der Waals surface area contributed by atoms with Gasteiger partial charge in [-0.15, -0.1) is 0 Å². The molecule has 1 aromatic heterocycles. The Kier molecular flexibility index (Phi) is 4.96. The average molecular weight is 384 g/mol. The highest BCUT2D eigenvalue weighted by Crippen LogP contribution is 2.41. The lowest BCUT2D eigenvalue weighted by Gasteiger charge is -2.08. The van der Waals surface area contributed by atoms with Gasteiger partial charge in [0.05, 0.1) is 5.69 Å². The number of hydrogen-bond donors (Lipinski definition) is 1. The molecule has 0 atom stereocenters.